The minimum Gasteiger partial charge on any atom is -0.398 e. The second-order valence-corrected chi connectivity index (χ2v) is 5.49. The van der Waals surface area contributed by atoms with Crippen molar-refractivity contribution in [2.45, 2.75) is 6.92 Å². The molecule has 0 saturated carbocycles. The molecule has 0 aliphatic heterocycles. The van der Waals surface area contributed by atoms with Gasteiger partial charge >= 0.3 is 0 Å². The van der Waals surface area contributed by atoms with Crippen LogP contribution in [0.2, 0.25) is 5.02 Å². The molecular weight excluding hydrogens is 322 g/mol. The van der Waals surface area contributed by atoms with Crippen LogP contribution in [-0.4, -0.2) is 12.6 Å². The van der Waals surface area contributed by atoms with E-state index in [1.165, 1.54) is 6.08 Å². The first-order valence-corrected chi connectivity index (χ1v) is 7.63. The van der Waals surface area contributed by atoms with Crippen molar-refractivity contribution in [3.05, 3.63) is 65.7 Å². The van der Waals surface area contributed by atoms with Crippen LogP contribution in [0.4, 0.5) is 11.4 Å². The Morgan fingerprint density at radius 3 is 2.62 bits per heavy atom. The molecule has 5 heteroatoms. The van der Waals surface area contributed by atoms with E-state index < -0.39 is 0 Å². The van der Waals surface area contributed by atoms with Gasteiger partial charge in [0.15, 0.2) is 0 Å². The largest absolute Gasteiger partial charge is 0.398 e. The van der Waals surface area contributed by atoms with Crippen LogP contribution in [0.15, 0.2) is 60.1 Å². The minimum atomic E-state index is -0.298. The topological polar surface area (TPSA) is 67.5 Å². The number of nitrogens with one attached hydrogen (secondary N) is 1. The van der Waals surface area contributed by atoms with Gasteiger partial charge in [-0.1, -0.05) is 36.4 Å². The van der Waals surface area contributed by atoms with Gasteiger partial charge in [0.05, 0.1) is 5.69 Å². The number of carbonyl (C=O) groups is 1. The van der Waals surface area contributed by atoms with E-state index in [4.69, 9.17) is 17.3 Å². The summed E-state index contributed by atoms with van der Waals surface area (Å²) in [5, 5.41) is 3.21. The maximum Gasteiger partial charge on any atom is 0.247 e. The molecule has 0 radical (unpaired) electrons. The van der Waals surface area contributed by atoms with Gasteiger partial charge < -0.3 is 11.1 Å². The number of nitrogens with two attached hydrogens (primary N) is 1. The third-order valence-corrected chi connectivity index (χ3v) is 3.69. The number of hydrogen-bond donors (Lipinski definition) is 2. The number of halogens is 1. The Hall–Kier alpha value is -2.85. The van der Waals surface area contributed by atoms with Crippen molar-refractivity contribution in [3.63, 3.8) is 0 Å². The van der Waals surface area contributed by atoms with E-state index in [0.29, 0.717) is 22.1 Å². The molecule has 0 unspecified atom stereocenters. The molecule has 2 aromatic rings. The smallest absolute Gasteiger partial charge is 0.247 e. The van der Waals surface area contributed by atoms with Crippen molar-refractivity contribution in [2.24, 2.45) is 10.7 Å². The standard InChI is InChI=1S/C19H18ClN3O/c1-4-17(21)16-7-6-12(10-18(16)22-3)13-8-14(20)11-15(9-13)23-19(24)5-2/h4-11H,2-3,21H2,1H3,(H,23,24)/b17-4+. The lowest BCUT2D eigenvalue weighted by Gasteiger charge is -2.11. The molecule has 4 nitrogen and oxygen atoms in total. The summed E-state index contributed by atoms with van der Waals surface area (Å²) in [6, 6.07) is 11.0. The normalized spacial score (nSPS) is 11.0. The van der Waals surface area contributed by atoms with Gasteiger partial charge in [0.2, 0.25) is 5.91 Å². The molecule has 0 bridgehead atoms. The molecule has 3 N–H and O–H groups in total. The van der Waals surface area contributed by atoms with Gasteiger partial charge in [-0.05, 0) is 55.1 Å². The first kappa shape index (κ1) is 17.5. The first-order chi connectivity index (χ1) is 11.5. The van der Waals surface area contributed by atoms with Crippen molar-refractivity contribution in [2.75, 3.05) is 5.32 Å². The molecule has 2 rings (SSSR count). The molecule has 0 aliphatic rings. The van der Waals surface area contributed by atoms with E-state index in [1.807, 2.05) is 43.3 Å². The van der Waals surface area contributed by atoms with Crippen LogP contribution in [-0.2, 0) is 4.79 Å². The molecule has 0 spiro atoms. The quantitative estimate of drug-likeness (QED) is 0.608. The van der Waals surface area contributed by atoms with Crippen LogP contribution in [0.5, 0.6) is 0 Å². The van der Waals surface area contributed by atoms with Gasteiger partial charge in [-0.15, -0.1) is 0 Å². The number of nitrogens with zero attached hydrogens (tertiary/aromatic N) is 1. The Labute approximate surface area is 146 Å². The minimum absolute atomic E-state index is 0.298. The van der Waals surface area contributed by atoms with Crippen LogP contribution >= 0.6 is 11.6 Å². The zero-order valence-electron chi connectivity index (χ0n) is 13.3. The molecule has 0 heterocycles. The maximum absolute atomic E-state index is 11.5. The lowest BCUT2D eigenvalue weighted by molar-refractivity contribution is -0.111. The van der Waals surface area contributed by atoms with Crippen LogP contribution < -0.4 is 11.1 Å². The summed E-state index contributed by atoms with van der Waals surface area (Å²) in [5.74, 6) is -0.298. The number of benzene rings is 2. The van der Waals surface area contributed by atoms with Crippen molar-refractivity contribution in [1.29, 1.82) is 0 Å². The summed E-state index contributed by atoms with van der Waals surface area (Å²) in [6.45, 7) is 8.90. The lowest BCUT2D eigenvalue weighted by atomic mass is 10.0. The van der Waals surface area contributed by atoms with Gasteiger partial charge in [0.25, 0.3) is 0 Å². The highest BCUT2D eigenvalue weighted by Gasteiger charge is 2.08. The van der Waals surface area contributed by atoms with Crippen molar-refractivity contribution in [1.82, 2.24) is 0 Å². The maximum atomic E-state index is 11.5. The second kappa shape index (κ2) is 7.62. The van der Waals surface area contributed by atoms with E-state index >= 15 is 0 Å². The Balaban J connectivity index is 2.50. The predicted molar refractivity (Wildman–Crippen MR) is 103 cm³/mol. The van der Waals surface area contributed by atoms with E-state index in [2.05, 4.69) is 23.6 Å². The average Bonchev–Trinajstić information content (AvgIpc) is 2.59. The third-order valence-electron chi connectivity index (χ3n) is 3.47. The summed E-state index contributed by atoms with van der Waals surface area (Å²) >= 11 is 6.16. The highest BCUT2D eigenvalue weighted by molar-refractivity contribution is 6.31. The number of rotatable bonds is 5. The van der Waals surface area contributed by atoms with Crippen molar-refractivity contribution in [3.8, 4) is 11.1 Å². The summed E-state index contributed by atoms with van der Waals surface area (Å²) in [4.78, 5) is 15.5. The van der Waals surface area contributed by atoms with E-state index in [1.54, 1.807) is 6.07 Å². The first-order valence-electron chi connectivity index (χ1n) is 7.25. The molecule has 0 saturated heterocycles. The molecule has 0 aromatic heterocycles. The van der Waals surface area contributed by atoms with Crippen molar-refractivity contribution >= 4 is 41.3 Å². The summed E-state index contributed by atoms with van der Waals surface area (Å²) in [7, 11) is 0. The number of carbonyl (C=O) groups excluding carboxylic acids is 1. The summed E-state index contributed by atoms with van der Waals surface area (Å²) in [6.07, 6.45) is 3.01. The monoisotopic (exact) mass is 339 g/mol. The van der Waals surface area contributed by atoms with Gasteiger partial charge in [0.1, 0.15) is 0 Å². The number of hydrogen-bond acceptors (Lipinski definition) is 3. The Kier molecular flexibility index (Phi) is 5.55. The Morgan fingerprint density at radius 1 is 1.25 bits per heavy atom. The molecule has 24 heavy (non-hydrogen) atoms. The Morgan fingerprint density at radius 2 is 2.00 bits per heavy atom. The van der Waals surface area contributed by atoms with E-state index in [9.17, 15) is 4.79 Å². The number of amides is 1. The highest BCUT2D eigenvalue weighted by atomic mass is 35.5. The fraction of sp³-hybridized carbons (Fsp3) is 0.0526. The van der Waals surface area contributed by atoms with E-state index in [-0.39, 0.29) is 5.91 Å². The SMILES string of the molecule is C=CC(=O)Nc1cc(Cl)cc(-c2ccc(/C(N)=C\C)c(N=C)c2)c1. The van der Waals surface area contributed by atoms with Crippen LogP contribution in [0, 0.1) is 0 Å². The highest BCUT2D eigenvalue weighted by Crippen LogP contribution is 2.32. The molecule has 0 atom stereocenters. The molecule has 1 amide bonds. The fourth-order valence-corrected chi connectivity index (χ4v) is 2.50. The van der Waals surface area contributed by atoms with E-state index in [0.717, 1.165) is 16.7 Å². The van der Waals surface area contributed by atoms with Crippen LogP contribution in [0.3, 0.4) is 0 Å². The molecule has 2 aromatic carbocycles. The lowest BCUT2D eigenvalue weighted by Crippen LogP contribution is -2.07. The zero-order valence-corrected chi connectivity index (χ0v) is 14.1. The second-order valence-electron chi connectivity index (χ2n) is 5.06. The van der Waals surface area contributed by atoms with Crippen molar-refractivity contribution < 1.29 is 4.79 Å². The summed E-state index contributed by atoms with van der Waals surface area (Å²) < 4.78 is 0. The fourth-order valence-electron chi connectivity index (χ4n) is 2.26. The van der Waals surface area contributed by atoms with Crippen LogP contribution in [0.25, 0.3) is 16.8 Å². The molecule has 122 valence electrons. The van der Waals surface area contributed by atoms with Gasteiger partial charge in [0, 0.05) is 22.0 Å². The Bertz CT molecular complexity index is 841. The zero-order chi connectivity index (χ0) is 17.7. The van der Waals surface area contributed by atoms with Gasteiger partial charge in [-0.3, -0.25) is 9.79 Å². The van der Waals surface area contributed by atoms with Gasteiger partial charge in [-0.2, -0.15) is 0 Å². The molecular formula is C19H18ClN3O. The number of anilines is 1. The predicted octanol–water partition coefficient (Wildman–Crippen LogP) is 4.78. The van der Waals surface area contributed by atoms with Gasteiger partial charge in [-0.25, -0.2) is 0 Å². The summed E-state index contributed by atoms with van der Waals surface area (Å²) in [5.41, 5.74) is 10.4. The number of aliphatic imine (C=N–C) groups is 1. The van der Waals surface area contributed by atoms with Crippen LogP contribution in [0.1, 0.15) is 12.5 Å². The molecule has 0 aliphatic carbocycles. The number of allylic oxidation sites excluding steroid dienone is 1. The third kappa shape index (κ3) is 3.91. The average molecular weight is 340 g/mol. The molecule has 0 fully saturated rings.